The van der Waals surface area contributed by atoms with E-state index in [9.17, 15) is 9.59 Å². The number of aromatic nitrogens is 2. The number of ketones is 1. The van der Waals surface area contributed by atoms with Crippen molar-refractivity contribution in [1.82, 2.24) is 9.97 Å². The van der Waals surface area contributed by atoms with Gasteiger partial charge >= 0.3 is 0 Å². The number of hydrogen-bond acceptors (Lipinski definition) is 3. The first-order valence-corrected chi connectivity index (χ1v) is 7.10. The van der Waals surface area contributed by atoms with Crippen LogP contribution in [0.25, 0.3) is 28.2 Å². The Hall–Kier alpha value is -3.21. The fraction of sp³-hybridized carbons (Fsp3) is 0.0556. The highest BCUT2D eigenvalue weighted by molar-refractivity contribution is 5.97. The number of carbonyl (C=O) groups excluding carboxylic acids is 2. The number of hydrogen-bond donors (Lipinski definition) is 2. The molecule has 114 valence electrons. The van der Waals surface area contributed by atoms with Gasteiger partial charge in [-0.15, -0.1) is 0 Å². The Bertz CT molecular complexity index is 938. The zero-order valence-corrected chi connectivity index (χ0v) is 12.5. The third-order valence-corrected chi connectivity index (χ3v) is 3.59. The number of nitrogens with zero attached hydrogens (tertiary/aromatic N) is 1. The maximum absolute atomic E-state index is 11.5. The van der Waals surface area contributed by atoms with Crippen molar-refractivity contribution in [2.45, 2.75) is 6.92 Å². The predicted octanol–water partition coefficient (Wildman–Crippen LogP) is 2.93. The molecule has 2 heterocycles. The summed E-state index contributed by atoms with van der Waals surface area (Å²) in [7, 11) is 0. The Morgan fingerprint density at radius 3 is 2.78 bits per heavy atom. The molecule has 3 rings (SSSR count). The van der Waals surface area contributed by atoms with Crippen molar-refractivity contribution < 1.29 is 9.59 Å². The smallest absolute Gasteiger partial charge is 0.241 e. The fourth-order valence-corrected chi connectivity index (χ4v) is 2.41. The number of carbonyl (C=O) groups is 2. The van der Waals surface area contributed by atoms with Gasteiger partial charge in [-0.05, 0) is 30.7 Å². The SMILES string of the molecule is CC(=O)c1cccc(-c2cnc3[nH]cc(/C=C/C(N)=O)c3c2)c1. The summed E-state index contributed by atoms with van der Waals surface area (Å²) >= 11 is 0. The standard InChI is InChI=1S/C18H15N3O2/c1-11(22)12-3-2-4-13(7-12)15-8-16-14(5-6-17(19)23)9-20-18(16)21-10-15/h2-10H,1H3,(H2,19,23)(H,20,21)/b6-5+. The highest BCUT2D eigenvalue weighted by Gasteiger charge is 2.07. The van der Waals surface area contributed by atoms with Gasteiger partial charge < -0.3 is 10.7 Å². The molecule has 1 amide bonds. The van der Waals surface area contributed by atoms with E-state index in [0.717, 1.165) is 27.7 Å². The van der Waals surface area contributed by atoms with Gasteiger partial charge in [0, 0.05) is 40.5 Å². The van der Waals surface area contributed by atoms with E-state index in [1.807, 2.05) is 24.3 Å². The summed E-state index contributed by atoms with van der Waals surface area (Å²) in [6.45, 7) is 1.54. The minimum atomic E-state index is -0.502. The van der Waals surface area contributed by atoms with Gasteiger partial charge in [-0.25, -0.2) is 4.98 Å². The first-order valence-electron chi connectivity index (χ1n) is 7.10. The molecule has 23 heavy (non-hydrogen) atoms. The van der Waals surface area contributed by atoms with Gasteiger partial charge in [0.15, 0.2) is 5.78 Å². The van der Waals surface area contributed by atoms with Crippen molar-refractivity contribution in [3.05, 3.63) is 59.9 Å². The van der Waals surface area contributed by atoms with Crippen LogP contribution in [0.3, 0.4) is 0 Å². The van der Waals surface area contributed by atoms with Crippen molar-refractivity contribution in [2.24, 2.45) is 5.73 Å². The Labute approximate surface area is 132 Å². The molecule has 0 atom stereocenters. The molecule has 0 bridgehead atoms. The molecular weight excluding hydrogens is 290 g/mol. The number of aromatic amines is 1. The second kappa shape index (κ2) is 5.88. The number of primary amides is 1. The first kappa shape index (κ1) is 14.7. The molecule has 0 saturated carbocycles. The van der Waals surface area contributed by atoms with Crippen molar-refractivity contribution in [3.8, 4) is 11.1 Å². The van der Waals surface area contributed by atoms with Crippen LogP contribution in [-0.4, -0.2) is 21.7 Å². The maximum atomic E-state index is 11.5. The van der Waals surface area contributed by atoms with E-state index < -0.39 is 5.91 Å². The summed E-state index contributed by atoms with van der Waals surface area (Å²) in [4.78, 5) is 29.9. The van der Waals surface area contributed by atoms with Gasteiger partial charge in [0.2, 0.25) is 5.91 Å². The van der Waals surface area contributed by atoms with Crippen molar-refractivity contribution in [2.75, 3.05) is 0 Å². The van der Waals surface area contributed by atoms with Crippen molar-refractivity contribution in [1.29, 1.82) is 0 Å². The van der Waals surface area contributed by atoms with Crippen LogP contribution in [0.1, 0.15) is 22.8 Å². The second-order valence-electron chi connectivity index (χ2n) is 5.24. The van der Waals surface area contributed by atoms with Gasteiger partial charge in [-0.3, -0.25) is 9.59 Å². The van der Waals surface area contributed by atoms with E-state index in [1.54, 1.807) is 31.5 Å². The van der Waals surface area contributed by atoms with Crippen LogP contribution in [0.4, 0.5) is 0 Å². The molecule has 3 N–H and O–H groups in total. The van der Waals surface area contributed by atoms with E-state index in [-0.39, 0.29) is 5.78 Å². The molecule has 0 unspecified atom stereocenters. The molecule has 0 radical (unpaired) electrons. The Morgan fingerprint density at radius 2 is 2.04 bits per heavy atom. The number of Topliss-reactive ketones (excluding diaryl/α,β-unsaturated/α-hetero) is 1. The molecule has 0 aliphatic heterocycles. The van der Waals surface area contributed by atoms with Crippen LogP contribution in [0.15, 0.2) is 48.8 Å². The van der Waals surface area contributed by atoms with Crippen LogP contribution >= 0.6 is 0 Å². The Balaban J connectivity index is 2.09. The summed E-state index contributed by atoms with van der Waals surface area (Å²) < 4.78 is 0. The molecular formula is C18H15N3O2. The third kappa shape index (κ3) is 3.03. The van der Waals surface area contributed by atoms with Gasteiger partial charge in [-0.1, -0.05) is 18.2 Å². The van der Waals surface area contributed by atoms with Crippen LogP contribution < -0.4 is 5.73 Å². The van der Waals surface area contributed by atoms with E-state index >= 15 is 0 Å². The van der Waals surface area contributed by atoms with Gasteiger partial charge in [0.05, 0.1) is 0 Å². The van der Waals surface area contributed by atoms with E-state index in [2.05, 4.69) is 9.97 Å². The fourth-order valence-electron chi connectivity index (χ4n) is 2.41. The number of pyridine rings is 1. The zero-order chi connectivity index (χ0) is 16.4. The lowest BCUT2D eigenvalue weighted by Crippen LogP contribution is -2.04. The van der Waals surface area contributed by atoms with E-state index in [4.69, 9.17) is 5.73 Å². The molecule has 0 aliphatic rings. The normalized spacial score (nSPS) is 11.2. The molecule has 3 aromatic rings. The summed E-state index contributed by atoms with van der Waals surface area (Å²) in [6.07, 6.45) is 6.48. The molecule has 1 aromatic carbocycles. The summed E-state index contributed by atoms with van der Waals surface area (Å²) in [5.41, 5.74) is 9.16. The van der Waals surface area contributed by atoms with Crippen molar-refractivity contribution >= 4 is 28.8 Å². The molecule has 0 aliphatic carbocycles. The summed E-state index contributed by atoms with van der Waals surface area (Å²) in [5.74, 6) is -0.481. The lowest BCUT2D eigenvalue weighted by Gasteiger charge is -2.04. The largest absolute Gasteiger partial charge is 0.366 e. The molecule has 0 spiro atoms. The topological polar surface area (TPSA) is 88.8 Å². The van der Waals surface area contributed by atoms with Gasteiger partial charge in [0.25, 0.3) is 0 Å². The minimum Gasteiger partial charge on any atom is -0.366 e. The van der Waals surface area contributed by atoms with Crippen LogP contribution in [0.2, 0.25) is 0 Å². The van der Waals surface area contributed by atoms with Gasteiger partial charge in [-0.2, -0.15) is 0 Å². The van der Waals surface area contributed by atoms with Crippen molar-refractivity contribution in [3.63, 3.8) is 0 Å². The predicted molar refractivity (Wildman–Crippen MR) is 89.8 cm³/mol. The number of fused-ring (bicyclic) bond motifs is 1. The highest BCUT2D eigenvalue weighted by atomic mass is 16.1. The average Bonchev–Trinajstić information content (AvgIpc) is 2.95. The number of nitrogens with one attached hydrogen (secondary N) is 1. The van der Waals surface area contributed by atoms with Crippen LogP contribution in [0, 0.1) is 0 Å². The Kier molecular flexibility index (Phi) is 3.76. The van der Waals surface area contributed by atoms with Crippen LogP contribution in [-0.2, 0) is 4.79 Å². The number of H-pyrrole nitrogens is 1. The summed E-state index contributed by atoms with van der Waals surface area (Å²) in [5, 5.41) is 0.883. The van der Waals surface area contributed by atoms with E-state index in [1.165, 1.54) is 6.08 Å². The maximum Gasteiger partial charge on any atom is 0.241 e. The lowest BCUT2D eigenvalue weighted by atomic mass is 10.0. The zero-order valence-electron chi connectivity index (χ0n) is 12.5. The molecule has 5 heteroatoms. The highest BCUT2D eigenvalue weighted by Crippen LogP contribution is 2.26. The molecule has 0 saturated heterocycles. The number of rotatable bonds is 4. The first-order chi connectivity index (χ1) is 11.0. The third-order valence-electron chi connectivity index (χ3n) is 3.59. The second-order valence-corrected chi connectivity index (χ2v) is 5.24. The number of nitrogens with two attached hydrogens (primary N) is 1. The quantitative estimate of drug-likeness (QED) is 0.573. The molecule has 0 fully saturated rings. The minimum absolute atomic E-state index is 0.0209. The van der Waals surface area contributed by atoms with Gasteiger partial charge in [0.1, 0.15) is 5.65 Å². The monoisotopic (exact) mass is 305 g/mol. The molecule has 5 nitrogen and oxygen atoms in total. The van der Waals surface area contributed by atoms with Crippen LogP contribution in [0.5, 0.6) is 0 Å². The average molecular weight is 305 g/mol. The lowest BCUT2D eigenvalue weighted by molar-refractivity contribution is -0.113. The number of benzene rings is 1. The Morgan fingerprint density at radius 1 is 1.22 bits per heavy atom. The molecule has 2 aromatic heterocycles. The summed E-state index contributed by atoms with van der Waals surface area (Å²) in [6, 6.07) is 9.38. The number of amides is 1. The van der Waals surface area contributed by atoms with E-state index in [0.29, 0.717) is 5.56 Å².